The summed E-state index contributed by atoms with van der Waals surface area (Å²) in [5.74, 6) is 2.03. The molecule has 0 fully saturated rings. The molecule has 6 heteroatoms. The van der Waals surface area contributed by atoms with Crippen LogP contribution in [0, 0.1) is 0 Å². The van der Waals surface area contributed by atoms with Gasteiger partial charge < -0.3 is 9.05 Å². The Hall–Kier alpha value is 0.590. The Morgan fingerprint density at radius 2 is 2.00 bits per heavy atom. The van der Waals surface area contributed by atoms with Crippen LogP contribution in [0.25, 0.3) is 0 Å². The monoisotopic (exact) mass is 254 g/mol. The van der Waals surface area contributed by atoms with Gasteiger partial charge in [-0.05, 0) is 19.3 Å². The summed E-state index contributed by atoms with van der Waals surface area (Å²) >= 11 is 3.24. The molecule has 14 heavy (non-hydrogen) atoms. The molecule has 0 N–H and O–H groups in total. The molecule has 0 amide bonds. The predicted molar refractivity (Wildman–Crippen MR) is 63.9 cm³/mol. The van der Waals surface area contributed by atoms with Crippen LogP contribution in [0.4, 0.5) is 0 Å². The molecule has 3 nitrogen and oxygen atoms in total. The Kier molecular flexibility index (Phi) is 5.64. The van der Waals surface area contributed by atoms with Crippen LogP contribution in [0.5, 0.6) is 0 Å². The molecule has 0 spiro atoms. The molecular formula is C8H15O3PS2. The maximum absolute atomic E-state index is 12.2. The van der Waals surface area contributed by atoms with E-state index in [1.165, 1.54) is 0 Å². The van der Waals surface area contributed by atoms with Gasteiger partial charge >= 0.3 is 7.60 Å². The van der Waals surface area contributed by atoms with Crippen molar-refractivity contribution >= 4 is 31.1 Å². The maximum Gasteiger partial charge on any atom is 0.368 e. The molecule has 0 aromatic heterocycles. The average molecular weight is 254 g/mol. The normalized spacial score (nSPS) is 18.0. The summed E-state index contributed by atoms with van der Waals surface area (Å²) in [4.78, 5) is 0. The van der Waals surface area contributed by atoms with Crippen LogP contribution >= 0.6 is 31.1 Å². The minimum absolute atomic E-state index is 0.417. The van der Waals surface area contributed by atoms with E-state index in [-0.39, 0.29) is 0 Å². The van der Waals surface area contributed by atoms with Gasteiger partial charge in [-0.2, -0.15) is 0 Å². The van der Waals surface area contributed by atoms with Crippen LogP contribution in [0.2, 0.25) is 0 Å². The van der Waals surface area contributed by atoms with Crippen molar-refractivity contribution in [1.29, 1.82) is 0 Å². The Balaban J connectivity index is 2.74. The van der Waals surface area contributed by atoms with Crippen molar-refractivity contribution in [3.63, 3.8) is 0 Å². The van der Waals surface area contributed by atoms with Crippen LogP contribution in [0.1, 0.15) is 13.8 Å². The van der Waals surface area contributed by atoms with E-state index in [2.05, 4.69) is 0 Å². The molecule has 0 radical (unpaired) electrons. The van der Waals surface area contributed by atoms with Gasteiger partial charge in [0.1, 0.15) is 4.65 Å². The lowest BCUT2D eigenvalue weighted by Crippen LogP contribution is -2.00. The van der Waals surface area contributed by atoms with Crippen LogP contribution in [-0.4, -0.2) is 24.7 Å². The Bertz CT molecular complexity index is 245. The molecule has 0 atom stereocenters. The highest BCUT2D eigenvalue weighted by atomic mass is 32.2. The van der Waals surface area contributed by atoms with Crippen molar-refractivity contribution in [3.8, 4) is 0 Å². The molecule has 0 unspecified atom stereocenters. The molecule has 1 rings (SSSR count). The first-order valence-corrected chi connectivity index (χ1v) is 8.15. The van der Waals surface area contributed by atoms with Crippen molar-refractivity contribution in [1.82, 2.24) is 0 Å². The summed E-state index contributed by atoms with van der Waals surface area (Å²) in [5, 5.41) is 1.90. The van der Waals surface area contributed by atoms with Gasteiger partial charge in [0.15, 0.2) is 0 Å². The molecule has 0 saturated heterocycles. The second-order valence-corrected chi connectivity index (χ2v) is 6.92. The topological polar surface area (TPSA) is 35.5 Å². The maximum atomic E-state index is 12.2. The Morgan fingerprint density at radius 1 is 1.36 bits per heavy atom. The second kappa shape index (κ2) is 6.23. The van der Waals surface area contributed by atoms with E-state index in [1.807, 2.05) is 19.3 Å². The van der Waals surface area contributed by atoms with Gasteiger partial charge in [-0.1, -0.05) is 0 Å². The summed E-state index contributed by atoms with van der Waals surface area (Å²) in [7, 11) is -2.99. The van der Waals surface area contributed by atoms with E-state index in [0.717, 1.165) is 16.2 Å². The Labute approximate surface area is 93.5 Å². The lowest BCUT2D eigenvalue weighted by atomic mass is 10.9. The third-order valence-corrected chi connectivity index (χ3v) is 6.67. The SMILES string of the molecule is CCOP(=O)(OCC)C1=CSCCS1. The fourth-order valence-electron chi connectivity index (χ4n) is 1.01. The van der Waals surface area contributed by atoms with Crippen molar-refractivity contribution in [2.75, 3.05) is 24.7 Å². The van der Waals surface area contributed by atoms with Crippen LogP contribution in [0.3, 0.4) is 0 Å². The smallest absolute Gasteiger partial charge is 0.305 e. The molecule has 1 aliphatic rings. The molecule has 1 heterocycles. The molecule has 0 bridgehead atoms. The van der Waals surface area contributed by atoms with Crippen LogP contribution < -0.4 is 0 Å². The third kappa shape index (κ3) is 3.31. The quantitative estimate of drug-likeness (QED) is 0.701. The van der Waals surface area contributed by atoms with E-state index in [4.69, 9.17) is 9.05 Å². The highest BCUT2D eigenvalue weighted by Crippen LogP contribution is 2.61. The fraction of sp³-hybridized carbons (Fsp3) is 0.750. The molecular weight excluding hydrogens is 239 g/mol. The predicted octanol–water partition coefficient (Wildman–Crippen LogP) is 3.53. The van der Waals surface area contributed by atoms with Gasteiger partial charge in [-0.3, -0.25) is 4.57 Å². The molecule has 1 aliphatic heterocycles. The summed E-state index contributed by atoms with van der Waals surface area (Å²) < 4.78 is 23.5. The first-order chi connectivity index (χ1) is 6.73. The molecule has 82 valence electrons. The zero-order valence-corrected chi connectivity index (χ0v) is 10.9. The number of thioether (sulfide) groups is 2. The first-order valence-electron chi connectivity index (χ1n) is 4.57. The van der Waals surface area contributed by atoms with Gasteiger partial charge in [0.05, 0.1) is 13.2 Å². The standard InChI is InChI=1S/C8H15O3PS2/c1-3-10-12(9,11-4-2)8-7-13-5-6-14-8/h7H,3-6H2,1-2H3. The van der Waals surface area contributed by atoms with Crippen molar-refractivity contribution < 1.29 is 13.6 Å². The molecule has 0 aliphatic carbocycles. The third-order valence-electron chi connectivity index (χ3n) is 1.50. The summed E-state index contributed by atoms with van der Waals surface area (Å²) in [6, 6.07) is 0. The summed E-state index contributed by atoms with van der Waals surface area (Å²) in [6.45, 7) is 4.49. The van der Waals surface area contributed by atoms with Gasteiger partial charge in [-0.25, -0.2) is 0 Å². The van der Waals surface area contributed by atoms with Crippen molar-refractivity contribution in [2.24, 2.45) is 0 Å². The number of hydrogen-bond donors (Lipinski definition) is 0. The zero-order valence-electron chi connectivity index (χ0n) is 8.39. The highest BCUT2D eigenvalue weighted by molar-refractivity contribution is 8.14. The highest BCUT2D eigenvalue weighted by Gasteiger charge is 2.31. The number of hydrogen-bond acceptors (Lipinski definition) is 5. The van der Waals surface area contributed by atoms with Gasteiger partial charge in [0.2, 0.25) is 0 Å². The summed E-state index contributed by atoms with van der Waals surface area (Å²) in [6.07, 6.45) is 0. The molecule has 0 saturated carbocycles. The van der Waals surface area contributed by atoms with E-state index in [0.29, 0.717) is 13.2 Å². The molecule has 0 aromatic rings. The van der Waals surface area contributed by atoms with Crippen molar-refractivity contribution in [3.05, 3.63) is 10.1 Å². The van der Waals surface area contributed by atoms with E-state index in [1.54, 1.807) is 23.5 Å². The van der Waals surface area contributed by atoms with E-state index < -0.39 is 7.60 Å². The van der Waals surface area contributed by atoms with E-state index in [9.17, 15) is 4.57 Å². The van der Waals surface area contributed by atoms with Gasteiger partial charge in [0, 0.05) is 11.5 Å². The second-order valence-electron chi connectivity index (χ2n) is 2.51. The Morgan fingerprint density at radius 3 is 2.43 bits per heavy atom. The van der Waals surface area contributed by atoms with Crippen LogP contribution in [-0.2, 0) is 13.6 Å². The number of rotatable bonds is 5. The first kappa shape index (κ1) is 12.7. The minimum atomic E-state index is -2.99. The average Bonchev–Trinajstić information content (AvgIpc) is 2.20. The molecule has 0 aromatic carbocycles. The lowest BCUT2D eigenvalue weighted by molar-refractivity contribution is 0.228. The summed E-state index contributed by atoms with van der Waals surface area (Å²) in [5.41, 5.74) is 0. The minimum Gasteiger partial charge on any atom is -0.305 e. The zero-order chi connectivity index (χ0) is 10.4. The fourth-order valence-corrected chi connectivity index (χ4v) is 5.64. The van der Waals surface area contributed by atoms with Crippen molar-refractivity contribution in [2.45, 2.75) is 13.8 Å². The largest absolute Gasteiger partial charge is 0.368 e. The van der Waals surface area contributed by atoms with Gasteiger partial charge in [-0.15, -0.1) is 23.5 Å². The van der Waals surface area contributed by atoms with E-state index >= 15 is 0 Å². The van der Waals surface area contributed by atoms with Gasteiger partial charge in [0.25, 0.3) is 0 Å². The van der Waals surface area contributed by atoms with Crippen LogP contribution in [0.15, 0.2) is 10.1 Å². The lowest BCUT2D eigenvalue weighted by Gasteiger charge is -2.21.